The van der Waals surface area contributed by atoms with Crippen molar-refractivity contribution in [3.63, 3.8) is 0 Å². The molecule has 0 saturated heterocycles. The number of nitrogens with two attached hydrogens (primary N) is 2. The lowest BCUT2D eigenvalue weighted by Gasteiger charge is -2.21. The molecule has 3 heteroatoms. The lowest BCUT2D eigenvalue weighted by atomic mass is 9.94. The van der Waals surface area contributed by atoms with E-state index in [9.17, 15) is 0 Å². The fourth-order valence-electron chi connectivity index (χ4n) is 1.12. The molecule has 0 spiro atoms. The molecular formula is C9H13ClN2. The van der Waals surface area contributed by atoms with Crippen molar-refractivity contribution in [1.29, 1.82) is 0 Å². The molecular weight excluding hydrogens is 172 g/mol. The first kappa shape index (κ1) is 9.36. The first-order valence-electron chi connectivity index (χ1n) is 3.75. The molecule has 0 unspecified atom stereocenters. The van der Waals surface area contributed by atoms with Gasteiger partial charge >= 0.3 is 0 Å². The molecule has 0 aliphatic carbocycles. The van der Waals surface area contributed by atoms with Gasteiger partial charge in [-0.15, -0.1) is 0 Å². The molecule has 0 radical (unpaired) electrons. The average Bonchev–Trinajstić information content (AvgIpc) is 1.83. The Bertz CT molecular complexity index is 289. The zero-order valence-electron chi connectivity index (χ0n) is 7.26. The Hall–Kier alpha value is -0.730. The molecule has 0 bridgehead atoms. The summed E-state index contributed by atoms with van der Waals surface area (Å²) in [6.07, 6.45) is 0. The van der Waals surface area contributed by atoms with Crippen molar-refractivity contribution in [3.05, 3.63) is 28.8 Å². The number of halogens is 1. The van der Waals surface area contributed by atoms with Crippen LogP contribution in [0.4, 0.5) is 5.69 Å². The van der Waals surface area contributed by atoms with Crippen molar-refractivity contribution < 1.29 is 0 Å². The van der Waals surface area contributed by atoms with E-state index in [0.717, 1.165) is 5.56 Å². The normalized spacial score (nSPS) is 11.7. The highest BCUT2D eigenvalue weighted by atomic mass is 35.5. The molecule has 2 nitrogen and oxygen atoms in total. The summed E-state index contributed by atoms with van der Waals surface area (Å²) in [4.78, 5) is 0. The zero-order valence-corrected chi connectivity index (χ0v) is 8.02. The molecule has 0 atom stereocenters. The number of nitrogen functional groups attached to an aromatic ring is 1. The number of anilines is 1. The van der Waals surface area contributed by atoms with Gasteiger partial charge in [0.25, 0.3) is 0 Å². The third-order valence-electron chi connectivity index (χ3n) is 1.71. The minimum Gasteiger partial charge on any atom is -0.398 e. The van der Waals surface area contributed by atoms with Crippen molar-refractivity contribution in [1.82, 2.24) is 0 Å². The third kappa shape index (κ3) is 1.90. The van der Waals surface area contributed by atoms with Gasteiger partial charge in [-0.3, -0.25) is 0 Å². The van der Waals surface area contributed by atoms with Crippen LogP contribution in [0.25, 0.3) is 0 Å². The number of hydrogen-bond acceptors (Lipinski definition) is 2. The topological polar surface area (TPSA) is 52.0 Å². The van der Waals surface area contributed by atoms with Gasteiger partial charge in [0.1, 0.15) is 0 Å². The largest absolute Gasteiger partial charge is 0.398 e. The van der Waals surface area contributed by atoms with Crippen LogP contribution in [0.1, 0.15) is 19.4 Å². The molecule has 0 saturated carbocycles. The second-order valence-electron chi connectivity index (χ2n) is 3.45. The second-order valence-corrected chi connectivity index (χ2v) is 3.89. The molecule has 0 aliphatic heterocycles. The van der Waals surface area contributed by atoms with Crippen molar-refractivity contribution in [2.24, 2.45) is 5.73 Å². The quantitative estimate of drug-likeness (QED) is 0.657. The molecule has 4 N–H and O–H groups in total. The molecule has 1 rings (SSSR count). The van der Waals surface area contributed by atoms with E-state index in [0.29, 0.717) is 10.7 Å². The van der Waals surface area contributed by atoms with Crippen LogP contribution in [0.15, 0.2) is 18.2 Å². The number of hydrogen-bond donors (Lipinski definition) is 2. The van der Waals surface area contributed by atoms with E-state index < -0.39 is 5.54 Å². The van der Waals surface area contributed by atoms with E-state index >= 15 is 0 Å². The maximum Gasteiger partial charge on any atom is 0.0426 e. The van der Waals surface area contributed by atoms with Gasteiger partial charge in [0.15, 0.2) is 0 Å². The summed E-state index contributed by atoms with van der Waals surface area (Å²) in [6, 6.07) is 5.37. The summed E-state index contributed by atoms with van der Waals surface area (Å²) in [5.41, 5.74) is 12.8. The monoisotopic (exact) mass is 184 g/mol. The van der Waals surface area contributed by atoms with Gasteiger partial charge in [0.2, 0.25) is 0 Å². The van der Waals surface area contributed by atoms with Gasteiger partial charge in [-0.1, -0.05) is 17.7 Å². The molecule has 1 aromatic carbocycles. The van der Waals surface area contributed by atoms with Gasteiger partial charge in [-0.05, 0) is 31.5 Å². The molecule has 0 aliphatic rings. The predicted octanol–water partition coefficient (Wildman–Crippen LogP) is 2.12. The molecule has 12 heavy (non-hydrogen) atoms. The highest BCUT2D eigenvalue weighted by Crippen LogP contribution is 2.25. The summed E-state index contributed by atoms with van der Waals surface area (Å²) >= 11 is 5.75. The van der Waals surface area contributed by atoms with Crippen LogP contribution in [-0.2, 0) is 5.54 Å². The van der Waals surface area contributed by atoms with E-state index in [4.69, 9.17) is 23.1 Å². The molecule has 1 aromatic rings. The molecule has 0 aromatic heterocycles. The summed E-state index contributed by atoms with van der Waals surface area (Å²) in [5.74, 6) is 0. The van der Waals surface area contributed by atoms with Gasteiger partial charge in [0, 0.05) is 16.2 Å². The fourth-order valence-corrected chi connectivity index (χ4v) is 1.30. The van der Waals surface area contributed by atoms with Crippen molar-refractivity contribution >= 4 is 17.3 Å². The maximum absolute atomic E-state index is 5.88. The average molecular weight is 185 g/mol. The molecule has 0 fully saturated rings. The Kier molecular flexibility index (Phi) is 2.31. The van der Waals surface area contributed by atoms with Crippen LogP contribution < -0.4 is 11.5 Å². The SMILES string of the molecule is CC(C)(N)c1ccc(Cl)cc1N. The van der Waals surface area contributed by atoms with Gasteiger partial charge < -0.3 is 11.5 Å². The Labute approximate surface area is 77.5 Å². The van der Waals surface area contributed by atoms with Crippen LogP contribution >= 0.6 is 11.6 Å². The minimum atomic E-state index is -0.408. The summed E-state index contributed by atoms with van der Waals surface area (Å²) in [5, 5.41) is 0.639. The number of benzene rings is 1. The highest BCUT2D eigenvalue weighted by molar-refractivity contribution is 6.30. The van der Waals surface area contributed by atoms with Crippen molar-refractivity contribution in [3.8, 4) is 0 Å². The van der Waals surface area contributed by atoms with Gasteiger partial charge in [-0.2, -0.15) is 0 Å². The van der Waals surface area contributed by atoms with E-state index in [1.54, 1.807) is 12.1 Å². The lowest BCUT2D eigenvalue weighted by molar-refractivity contribution is 0.557. The first-order valence-corrected chi connectivity index (χ1v) is 4.13. The Morgan fingerprint density at radius 1 is 1.33 bits per heavy atom. The predicted molar refractivity (Wildman–Crippen MR) is 53.1 cm³/mol. The van der Waals surface area contributed by atoms with Crippen LogP contribution in [0.5, 0.6) is 0 Å². The van der Waals surface area contributed by atoms with E-state index in [-0.39, 0.29) is 0 Å². The Morgan fingerprint density at radius 3 is 2.33 bits per heavy atom. The van der Waals surface area contributed by atoms with E-state index in [1.807, 2.05) is 19.9 Å². The number of rotatable bonds is 1. The zero-order chi connectivity index (χ0) is 9.35. The summed E-state index contributed by atoms with van der Waals surface area (Å²) < 4.78 is 0. The molecule has 66 valence electrons. The van der Waals surface area contributed by atoms with Gasteiger partial charge in [0.05, 0.1) is 0 Å². The molecule has 0 amide bonds. The lowest BCUT2D eigenvalue weighted by Crippen LogP contribution is -2.29. The van der Waals surface area contributed by atoms with Crippen LogP contribution in [-0.4, -0.2) is 0 Å². The van der Waals surface area contributed by atoms with E-state index in [2.05, 4.69) is 0 Å². The van der Waals surface area contributed by atoms with Crippen LogP contribution in [0.2, 0.25) is 5.02 Å². The smallest absolute Gasteiger partial charge is 0.0426 e. The van der Waals surface area contributed by atoms with Gasteiger partial charge in [-0.25, -0.2) is 0 Å². The van der Waals surface area contributed by atoms with Crippen LogP contribution in [0.3, 0.4) is 0 Å². The summed E-state index contributed by atoms with van der Waals surface area (Å²) in [6.45, 7) is 3.82. The summed E-state index contributed by atoms with van der Waals surface area (Å²) in [7, 11) is 0. The Balaban J connectivity index is 3.19. The third-order valence-corrected chi connectivity index (χ3v) is 1.94. The Morgan fingerprint density at radius 2 is 1.92 bits per heavy atom. The standard InChI is InChI=1S/C9H13ClN2/c1-9(2,12)7-4-3-6(10)5-8(7)11/h3-5H,11-12H2,1-2H3. The van der Waals surface area contributed by atoms with Crippen molar-refractivity contribution in [2.45, 2.75) is 19.4 Å². The van der Waals surface area contributed by atoms with Crippen LogP contribution in [0, 0.1) is 0 Å². The highest BCUT2D eigenvalue weighted by Gasteiger charge is 2.16. The fraction of sp³-hybridized carbons (Fsp3) is 0.333. The molecule has 0 heterocycles. The van der Waals surface area contributed by atoms with Crippen molar-refractivity contribution in [2.75, 3.05) is 5.73 Å². The van der Waals surface area contributed by atoms with E-state index in [1.165, 1.54) is 0 Å². The first-order chi connectivity index (χ1) is 5.41. The second kappa shape index (κ2) is 2.96. The minimum absolute atomic E-state index is 0.408. The maximum atomic E-state index is 5.88.